The summed E-state index contributed by atoms with van der Waals surface area (Å²) in [5.41, 5.74) is 0.759. The Kier molecular flexibility index (Phi) is 2.40. The molecule has 1 aliphatic rings. The fourth-order valence-corrected chi connectivity index (χ4v) is 3.66. The van der Waals surface area contributed by atoms with Gasteiger partial charge in [-0.25, -0.2) is 4.21 Å². The maximum absolute atomic E-state index is 11.1. The first kappa shape index (κ1) is 9.18. The molecule has 0 spiro atoms. The molecule has 13 heavy (non-hydrogen) atoms. The lowest BCUT2D eigenvalue weighted by atomic mass is 10.3. The first-order valence-corrected chi connectivity index (χ1v) is 6.31. The Morgan fingerprint density at radius 3 is 3.08 bits per heavy atom. The molecule has 1 aromatic rings. The molecule has 3 nitrogen and oxygen atoms in total. The second-order valence-corrected chi connectivity index (χ2v) is 5.53. The zero-order chi connectivity index (χ0) is 9.42. The maximum atomic E-state index is 11.1. The summed E-state index contributed by atoms with van der Waals surface area (Å²) in [5, 5.41) is 0.587. The van der Waals surface area contributed by atoms with Crippen LogP contribution in [0.25, 0.3) is 0 Å². The lowest BCUT2D eigenvalue weighted by molar-refractivity contribution is 0.416. The largest absolute Gasteiger partial charge is 0.494 e. The number of benzene rings is 1. The molecule has 0 bridgehead atoms. The number of methoxy groups -OCH3 is 1. The van der Waals surface area contributed by atoms with E-state index in [4.69, 9.17) is 16.3 Å². The van der Waals surface area contributed by atoms with Crippen molar-refractivity contribution in [2.75, 3.05) is 11.8 Å². The van der Waals surface area contributed by atoms with Crippen molar-refractivity contribution in [3.63, 3.8) is 0 Å². The highest BCUT2D eigenvalue weighted by molar-refractivity contribution is 8.70. The summed E-state index contributed by atoms with van der Waals surface area (Å²) in [6.07, 6.45) is 0. The van der Waals surface area contributed by atoms with Gasteiger partial charge in [0.25, 0.3) is 0 Å². The van der Waals surface area contributed by atoms with E-state index in [0.29, 0.717) is 10.8 Å². The minimum Gasteiger partial charge on any atom is -0.494 e. The average Bonchev–Trinajstić information content (AvgIpc) is 2.43. The average molecular weight is 236 g/mol. The van der Waals surface area contributed by atoms with Crippen LogP contribution in [0.5, 0.6) is 5.75 Å². The number of halogens is 1. The zero-order valence-electron chi connectivity index (χ0n) is 6.67. The molecule has 0 saturated heterocycles. The van der Waals surface area contributed by atoms with Gasteiger partial charge in [-0.2, -0.15) is 0 Å². The highest BCUT2D eigenvalue weighted by Crippen LogP contribution is 2.44. The van der Waals surface area contributed by atoms with E-state index >= 15 is 0 Å². The quantitative estimate of drug-likeness (QED) is 0.760. The Bertz CT molecular complexity index is 383. The minimum absolute atomic E-state index is 0.587. The van der Waals surface area contributed by atoms with Crippen LogP contribution in [0, 0.1) is 0 Å². The number of ether oxygens (including phenoxy) is 1. The summed E-state index contributed by atoms with van der Waals surface area (Å²) < 4.78 is 19.0. The summed E-state index contributed by atoms with van der Waals surface area (Å²) in [7, 11) is 1.68. The lowest BCUT2D eigenvalue weighted by Gasteiger charge is -2.05. The Morgan fingerprint density at radius 1 is 1.62 bits per heavy atom. The van der Waals surface area contributed by atoms with Crippen LogP contribution in [0.3, 0.4) is 0 Å². The molecule has 0 aliphatic carbocycles. The first-order valence-electron chi connectivity index (χ1n) is 3.45. The van der Waals surface area contributed by atoms with Crippen LogP contribution in [0.2, 0.25) is 5.02 Å². The minimum atomic E-state index is -1.11. The Hall–Kier alpha value is -0.390. The van der Waals surface area contributed by atoms with E-state index in [9.17, 15) is 4.21 Å². The molecule has 0 amide bonds. The molecule has 0 radical (unpaired) electrons. The molecule has 0 fully saturated rings. The molecule has 1 atom stereocenters. The van der Waals surface area contributed by atoms with Gasteiger partial charge < -0.3 is 4.74 Å². The number of nitrogens with one attached hydrogen (secondary N) is 1. The second kappa shape index (κ2) is 3.40. The van der Waals surface area contributed by atoms with Crippen LogP contribution in [0.1, 0.15) is 0 Å². The van der Waals surface area contributed by atoms with Crippen molar-refractivity contribution in [2.45, 2.75) is 4.90 Å². The van der Waals surface area contributed by atoms with Gasteiger partial charge in [-0.05, 0) is 16.9 Å². The van der Waals surface area contributed by atoms with Crippen molar-refractivity contribution in [1.29, 1.82) is 0 Å². The topological polar surface area (TPSA) is 38.3 Å². The van der Waals surface area contributed by atoms with Gasteiger partial charge in [0.1, 0.15) is 11.4 Å². The monoisotopic (exact) mass is 235 g/mol. The van der Waals surface area contributed by atoms with Crippen molar-refractivity contribution in [3.8, 4) is 5.75 Å². The standard InChI is InChI=1S/C7H6ClNO2S2/c1-11-5-2-4(8)3-6-7(5)9-13(10)12-6/h2-3,9H,1H3. The van der Waals surface area contributed by atoms with Crippen LogP contribution in [-0.4, -0.2) is 11.3 Å². The number of anilines is 1. The number of fused-ring (bicyclic) bond motifs is 1. The SMILES string of the molecule is COc1cc(Cl)cc2c1NS(=O)S2. The molecular weight excluding hydrogens is 230 g/mol. The lowest BCUT2D eigenvalue weighted by Crippen LogP contribution is -1.94. The smallest absolute Gasteiger partial charge is 0.184 e. The molecule has 0 saturated carbocycles. The van der Waals surface area contributed by atoms with Gasteiger partial charge in [0.15, 0.2) is 10.0 Å². The highest BCUT2D eigenvalue weighted by Gasteiger charge is 2.22. The number of rotatable bonds is 1. The van der Waals surface area contributed by atoms with Gasteiger partial charge in [0.2, 0.25) is 0 Å². The van der Waals surface area contributed by atoms with E-state index in [1.54, 1.807) is 19.2 Å². The fraction of sp³-hybridized carbons (Fsp3) is 0.143. The van der Waals surface area contributed by atoms with Crippen LogP contribution >= 0.6 is 22.4 Å². The molecule has 1 N–H and O–H groups in total. The summed E-state index contributed by atoms with van der Waals surface area (Å²) in [4.78, 5) is 0.864. The van der Waals surface area contributed by atoms with Gasteiger partial charge in [0.05, 0.1) is 12.0 Å². The summed E-state index contributed by atoms with van der Waals surface area (Å²) in [6, 6.07) is 3.46. The van der Waals surface area contributed by atoms with Crippen molar-refractivity contribution in [3.05, 3.63) is 17.2 Å². The van der Waals surface area contributed by atoms with E-state index in [2.05, 4.69) is 4.72 Å². The molecule has 70 valence electrons. The number of hydrogen-bond donors (Lipinski definition) is 1. The predicted molar refractivity (Wildman–Crippen MR) is 55.6 cm³/mol. The second-order valence-electron chi connectivity index (χ2n) is 2.40. The molecule has 1 unspecified atom stereocenters. The van der Waals surface area contributed by atoms with Crippen LogP contribution in [0.4, 0.5) is 5.69 Å². The van der Waals surface area contributed by atoms with Crippen molar-refractivity contribution in [2.24, 2.45) is 0 Å². The molecular formula is C7H6ClNO2S2. The summed E-state index contributed by atoms with van der Waals surface area (Å²) in [6.45, 7) is 0. The van der Waals surface area contributed by atoms with Gasteiger partial charge in [-0.1, -0.05) is 11.6 Å². The van der Waals surface area contributed by atoms with Gasteiger partial charge in [-0.15, -0.1) is 0 Å². The zero-order valence-corrected chi connectivity index (χ0v) is 9.05. The van der Waals surface area contributed by atoms with Gasteiger partial charge in [0, 0.05) is 11.1 Å². The third-order valence-corrected chi connectivity index (χ3v) is 4.09. The van der Waals surface area contributed by atoms with E-state index in [-0.39, 0.29) is 0 Å². The number of hydrogen-bond acceptors (Lipinski definition) is 3. The molecule has 2 rings (SSSR count). The van der Waals surface area contributed by atoms with Crippen molar-refractivity contribution in [1.82, 2.24) is 0 Å². The van der Waals surface area contributed by atoms with E-state index < -0.39 is 10.0 Å². The van der Waals surface area contributed by atoms with Crippen molar-refractivity contribution >= 4 is 38.1 Å². The van der Waals surface area contributed by atoms with Crippen LogP contribution in [-0.2, 0) is 10.0 Å². The molecule has 1 heterocycles. The Labute approximate surface area is 86.8 Å². The maximum Gasteiger partial charge on any atom is 0.184 e. The normalized spacial score (nSPS) is 19.4. The van der Waals surface area contributed by atoms with Gasteiger partial charge in [-0.3, -0.25) is 4.72 Å². The van der Waals surface area contributed by atoms with E-state index in [1.807, 2.05) is 0 Å². The first-order chi connectivity index (χ1) is 6.20. The summed E-state index contributed by atoms with van der Waals surface area (Å²) in [5.74, 6) is 0.626. The Morgan fingerprint density at radius 2 is 2.38 bits per heavy atom. The van der Waals surface area contributed by atoms with Crippen LogP contribution < -0.4 is 9.46 Å². The van der Waals surface area contributed by atoms with Crippen molar-refractivity contribution < 1.29 is 8.95 Å². The Balaban J connectivity index is 2.56. The third kappa shape index (κ3) is 1.63. The third-order valence-electron chi connectivity index (χ3n) is 1.60. The van der Waals surface area contributed by atoms with Gasteiger partial charge >= 0.3 is 0 Å². The molecule has 6 heteroatoms. The predicted octanol–water partition coefficient (Wildman–Crippen LogP) is 2.44. The molecule has 1 aliphatic heterocycles. The van der Waals surface area contributed by atoms with Crippen LogP contribution in [0.15, 0.2) is 17.0 Å². The highest BCUT2D eigenvalue weighted by atomic mass is 35.5. The van der Waals surface area contributed by atoms with E-state index in [0.717, 1.165) is 10.6 Å². The summed E-state index contributed by atoms with van der Waals surface area (Å²) >= 11 is 5.83. The molecule has 0 aromatic heterocycles. The molecule has 1 aromatic carbocycles. The van der Waals surface area contributed by atoms with E-state index in [1.165, 1.54) is 10.8 Å². The fourth-order valence-electron chi connectivity index (χ4n) is 1.07.